The summed E-state index contributed by atoms with van der Waals surface area (Å²) in [5, 5.41) is 10.4. The highest BCUT2D eigenvalue weighted by Gasteiger charge is 2.29. The van der Waals surface area contributed by atoms with Crippen LogP contribution >= 0.6 is 0 Å². The van der Waals surface area contributed by atoms with Gasteiger partial charge in [0, 0.05) is 58.1 Å². The molecule has 0 bridgehead atoms. The van der Waals surface area contributed by atoms with E-state index in [9.17, 15) is 4.79 Å². The van der Waals surface area contributed by atoms with E-state index in [0.717, 1.165) is 62.0 Å². The second-order valence-corrected chi connectivity index (χ2v) is 7.15. The summed E-state index contributed by atoms with van der Waals surface area (Å²) in [5.74, 6) is 0.883. The average molecular weight is 382 g/mol. The number of piperazine rings is 1. The number of fused-ring (bicyclic) bond motifs is 1. The number of benzene rings is 1. The Balaban J connectivity index is 1.25. The van der Waals surface area contributed by atoms with E-state index < -0.39 is 0 Å². The molecule has 1 aromatic carbocycles. The lowest BCUT2D eigenvalue weighted by molar-refractivity contribution is -0.117. The molecule has 0 aliphatic carbocycles. The Labute approximate surface area is 164 Å². The van der Waals surface area contributed by atoms with Crippen LogP contribution in [0.2, 0.25) is 0 Å². The van der Waals surface area contributed by atoms with E-state index in [2.05, 4.69) is 30.6 Å². The third kappa shape index (κ3) is 4.01. The van der Waals surface area contributed by atoms with Crippen LogP contribution in [-0.2, 0) is 11.3 Å². The van der Waals surface area contributed by atoms with E-state index in [1.807, 2.05) is 37.4 Å². The molecule has 4 rings (SSSR count). The SMILES string of the molecule is CN=C(NCCC1C(=O)Nc2ccccc21)N1CCN(Cc2ccon2)CC1. The van der Waals surface area contributed by atoms with Crippen LogP contribution in [-0.4, -0.2) is 66.6 Å². The number of aromatic nitrogens is 1. The summed E-state index contributed by atoms with van der Waals surface area (Å²) in [5.41, 5.74) is 2.99. The molecule has 0 saturated carbocycles. The zero-order valence-electron chi connectivity index (χ0n) is 16.1. The van der Waals surface area contributed by atoms with E-state index in [1.54, 1.807) is 6.26 Å². The van der Waals surface area contributed by atoms with E-state index in [0.29, 0.717) is 6.54 Å². The highest BCUT2D eigenvalue weighted by molar-refractivity contribution is 6.02. The summed E-state index contributed by atoms with van der Waals surface area (Å²) in [7, 11) is 1.81. The van der Waals surface area contributed by atoms with Crippen LogP contribution in [0.4, 0.5) is 5.69 Å². The Morgan fingerprint density at radius 3 is 2.86 bits per heavy atom. The highest BCUT2D eigenvalue weighted by atomic mass is 16.5. The Bertz CT molecular complexity index is 827. The quantitative estimate of drug-likeness (QED) is 0.602. The number of carbonyl (C=O) groups excluding carboxylic acids is 1. The molecule has 2 aliphatic rings. The standard InChI is InChI=1S/C20H26N6O2/c1-21-20(26-11-9-25(10-12-26)14-15-7-13-28-24-15)22-8-6-17-16-4-2-3-5-18(16)23-19(17)27/h2-5,7,13,17H,6,8-12,14H2,1H3,(H,21,22)(H,23,27). The molecule has 1 saturated heterocycles. The first-order valence-corrected chi connectivity index (χ1v) is 9.71. The van der Waals surface area contributed by atoms with Crippen molar-refractivity contribution >= 4 is 17.6 Å². The largest absolute Gasteiger partial charge is 0.364 e. The Hall–Kier alpha value is -2.87. The van der Waals surface area contributed by atoms with Crippen molar-refractivity contribution in [2.45, 2.75) is 18.9 Å². The summed E-state index contributed by atoms with van der Waals surface area (Å²) in [6.07, 6.45) is 2.36. The van der Waals surface area contributed by atoms with Crippen LogP contribution in [0.3, 0.4) is 0 Å². The van der Waals surface area contributed by atoms with Crippen LogP contribution in [0.15, 0.2) is 46.1 Å². The van der Waals surface area contributed by atoms with Gasteiger partial charge in [0.2, 0.25) is 5.91 Å². The average Bonchev–Trinajstić information content (AvgIpc) is 3.33. The predicted molar refractivity (Wildman–Crippen MR) is 107 cm³/mol. The summed E-state index contributed by atoms with van der Waals surface area (Å²) in [6, 6.07) is 9.82. The summed E-state index contributed by atoms with van der Waals surface area (Å²) in [4.78, 5) is 21.3. The fraction of sp³-hybridized carbons (Fsp3) is 0.450. The molecular formula is C20H26N6O2. The smallest absolute Gasteiger partial charge is 0.232 e. The van der Waals surface area contributed by atoms with Gasteiger partial charge in [-0.05, 0) is 18.1 Å². The third-order valence-corrected chi connectivity index (χ3v) is 5.39. The van der Waals surface area contributed by atoms with Gasteiger partial charge in [-0.1, -0.05) is 23.4 Å². The number of anilines is 1. The van der Waals surface area contributed by atoms with Crippen molar-refractivity contribution < 1.29 is 9.32 Å². The Morgan fingerprint density at radius 2 is 2.11 bits per heavy atom. The maximum atomic E-state index is 12.2. The molecule has 1 aromatic heterocycles. The van der Waals surface area contributed by atoms with Crippen molar-refractivity contribution in [1.29, 1.82) is 0 Å². The molecule has 1 unspecified atom stereocenters. The van der Waals surface area contributed by atoms with Gasteiger partial charge in [0.1, 0.15) is 6.26 Å². The molecule has 2 aromatic rings. The number of carbonyl (C=O) groups is 1. The maximum absolute atomic E-state index is 12.2. The predicted octanol–water partition coefficient (Wildman–Crippen LogP) is 1.49. The van der Waals surface area contributed by atoms with Crippen LogP contribution in [0, 0.1) is 0 Å². The fourth-order valence-corrected chi connectivity index (χ4v) is 3.89. The molecule has 148 valence electrons. The Morgan fingerprint density at radius 1 is 1.29 bits per heavy atom. The topological polar surface area (TPSA) is 86.0 Å². The van der Waals surface area contributed by atoms with Gasteiger partial charge in [-0.2, -0.15) is 0 Å². The van der Waals surface area contributed by atoms with Gasteiger partial charge < -0.3 is 20.1 Å². The Kier molecular flexibility index (Phi) is 5.57. The first-order valence-electron chi connectivity index (χ1n) is 9.71. The molecule has 8 heteroatoms. The minimum Gasteiger partial charge on any atom is -0.364 e. The van der Waals surface area contributed by atoms with E-state index >= 15 is 0 Å². The highest BCUT2D eigenvalue weighted by Crippen LogP contribution is 2.33. The van der Waals surface area contributed by atoms with E-state index in [1.165, 1.54) is 0 Å². The van der Waals surface area contributed by atoms with Crippen LogP contribution < -0.4 is 10.6 Å². The summed E-state index contributed by atoms with van der Waals surface area (Å²) >= 11 is 0. The second kappa shape index (κ2) is 8.43. The molecular weight excluding hydrogens is 356 g/mol. The van der Waals surface area contributed by atoms with Crippen molar-refractivity contribution in [1.82, 2.24) is 20.3 Å². The van der Waals surface area contributed by atoms with Crippen molar-refractivity contribution in [2.24, 2.45) is 4.99 Å². The van der Waals surface area contributed by atoms with Gasteiger partial charge in [-0.15, -0.1) is 0 Å². The minimum absolute atomic E-state index is 0.0828. The number of hydrogen-bond acceptors (Lipinski definition) is 5. The fourth-order valence-electron chi connectivity index (χ4n) is 3.89. The van der Waals surface area contributed by atoms with Gasteiger partial charge in [0.05, 0.1) is 11.6 Å². The van der Waals surface area contributed by atoms with Gasteiger partial charge in [0.25, 0.3) is 0 Å². The number of hydrogen-bond donors (Lipinski definition) is 2. The maximum Gasteiger partial charge on any atom is 0.232 e. The number of guanidine groups is 1. The lowest BCUT2D eigenvalue weighted by Crippen LogP contribution is -2.52. The lowest BCUT2D eigenvalue weighted by Gasteiger charge is -2.36. The summed E-state index contributed by atoms with van der Waals surface area (Å²) in [6.45, 7) is 5.23. The molecule has 8 nitrogen and oxygen atoms in total. The molecule has 1 fully saturated rings. The van der Waals surface area contributed by atoms with Crippen LogP contribution in [0.1, 0.15) is 23.6 Å². The summed E-state index contributed by atoms with van der Waals surface area (Å²) < 4.78 is 4.90. The molecule has 0 radical (unpaired) electrons. The zero-order chi connectivity index (χ0) is 19.3. The molecule has 0 spiro atoms. The number of nitrogens with zero attached hydrogens (tertiary/aromatic N) is 4. The molecule has 2 aliphatic heterocycles. The van der Waals surface area contributed by atoms with Gasteiger partial charge in [-0.25, -0.2) is 0 Å². The number of aliphatic imine (C=N–C) groups is 1. The second-order valence-electron chi connectivity index (χ2n) is 7.15. The molecule has 3 heterocycles. The van der Waals surface area contributed by atoms with Crippen molar-refractivity contribution in [3.63, 3.8) is 0 Å². The first kappa shape index (κ1) is 18.5. The van der Waals surface area contributed by atoms with Gasteiger partial charge >= 0.3 is 0 Å². The monoisotopic (exact) mass is 382 g/mol. The zero-order valence-corrected chi connectivity index (χ0v) is 16.1. The van der Waals surface area contributed by atoms with Crippen LogP contribution in [0.5, 0.6) is 0 Å². The minimum atomic E-state index is -0.0962. The van der Waals surface area contributed by atoms with Gasteiger partial charge in [0.15, 0.2) is 5.96 Å². The van der Waals surface area contributed by atoms with Crippen molar-refractivity contribution in [3.8, 4) is 0 Å². The number of nitrogens with one attached hydrogen (secondary N) is 2. The number of para-hydroxylation sites is 1. The molecule has 2 N–H and O–H groups in total. The van der Waals surface area contributed by atoms with Crippen molar-refractivity contribution in [2.75, 3.05) is 45.1 Å². The first-order chi connectivity index (χ1) is 13.7. The lowest BCUT2D eigenvalue weighted by atomic mass is 9.97. The number of amides is 1. The third-order valence-electron chi connectivity index (χ3n) is 5.39. The molecule has 1 atom stereocenters. The number of rotatable bonds is 5. The van der Waals surface area contributed by atoms with E-state index in [-0.39, 0.29) is 11.8 Å². The molecule has 1 amide bonds. The van der Waals surface area contributed by atoms with Gasteiger partial charge in [-0.3, -0.25) is 14.7 Å². The normalized spacial score (nSPS) is 20.2. The van der Waals surface area contributed by atoms with Crippen LogP contribution in [0.25, 0.3) is 0 Å². The van der Waals surface area contributed by atoms with Crippen molar-refractivity contribution in [3.05, 3.63) is 47.9 Å². The van der Waals surface area contributed by atoms with E-state index in [4.69, 9.17) is 4.52 Å². The molecule has 28 heavy (non-hydrogen) atoms.